The maximum atomic E-state index is 4.08. The van der Waals surface area contributed by atoms with Crippen LogP contribution in [0.1, 0.15) is 0 Å². The van der Waals surface area contributed by atoms with E-state index in [9.17, 15) is 0 Å². The molecule has 0 heterocycles. The van der Waals surface area contributed by atoms with Crippen molar-refractivity contribution in [1.82, 2.24) is 0 Å². The SMILES string of the molecule is SCC[Se]CCS. The second-order valence-corrected chi connectivity index (χ2v) is 4.52. The summed E-state index contributed by atoms with van der Waals surface area (Å²) < 4.78 is 0. The van der Waals surface area contributed by atoms with Crippen molar-refractivity contribution in [3.63, 3.8) is 0 Å². The van der Waals surface area contributed by atoms with Crippen LogP contribution in [0.4, 0.5) is 0 Å². The molecule has 0 aromatic rings. The molecule has 0 amide bonds. The topological polar surface area (TPSA) is 0 Å². The van der Waals surface area contributed by atoms with Gasteiger partial charge in [0.1, 0.15) is 0 Å². The van der Waals surface area contributed by atoms with Crippen LogP contribution in [0.2, 0.25) is 10.6 Å². The Hall–Kier alpha value is 1.22. The molecule has 0 aliphatic rings. The summed E-state index contributed by atoms with van der Waals surface area (Å²) in [5, 5.41) is 2.60. The van der Waals surface area contributed by atoms with Gasteiger partial charge in [-0.1, -0.05) is 0 Å². The van der Waals surface area contributed by atoms with Gasteiger partial charge in [0.2, 0.25) is 0 Å². The van der Waals surface area contributed by atoms with Crippen molar-refractivity contribution in [3.8, 4) is 0 Å². The minimum atomic E-state index is 0.823. The summed E-state index contributed by atoms with van der Waals surface area (Å²) in [6, 6.07) is 0. The van der Waals surface area contributed by atoms with Crippen LogP contribution < -0.4 is 0 Å². The van der Waals surface area contributed by atoms with Crippen LogP contribution >= 0.6 is 25.3 Å². The van der Waals surface area contributed by atoms with Gasteiger partial charge in [0.05, 0.1) is 0 Å². The van der Waals surface area contributed by atoms with Crippen molar-refractivity contribution >= 4 is 40.2 Å². The Labute approximate surface area is 62.4 Å². The van der Waals surface area contributed by atoms with Crippen molar-refractivity contribution in [3.05, 3.63) is 0 Å². The average Bonchev–Trinajstić information content (AvgIpc) is 1.69. The molecule has 0 aromatic carbocycles. The molecule has 0 atom stereocenters. The summed E-state index contributed by atoms with van der Waals surface area (Å²) in [5.41, 5.74) is 0. The number of thiol groups is 2. The molecule has 44 valence electrons. The predicted octanol–water partition coefficient (Wildman–Crippen LogP) is 1.39. The van der Waals surface area contributed by atoms with Gasteiger partial charge in [-0.2, -0.15) is 0 Å². The molecule has 0 spiro atoms. The monoisotopic (exact) mass is 202 g/mol. The van der Waals surface area contributed by atoms with E-state index < -0.39 is 0 Å². The van der Waals surface area contributed by atoms with E-state index >= 15 is 0 Å². The molecule has 0 aliphatic heterocycles. The Balaban J connectivity index is 2.45. The Morgan fingerprint density at radius 1 is 1.00 bits per heavy atom. The molecule has 0 aromatic heterocycles. The first-order valence-electron chi connectivity index (χ1n) is 2.21. The zero-order chi connectivity index (χ0) is 5.54. The first-order chi connectivity index (χ1) is 3.41. The van der Waals surface area contributed by atoms with Crippen molar-refractivity contribution in [2.24, 2.45) is 0 Å². The van der Waals surface area contributed by atoms with E-state index in [1.807, 2.05) is 0 Å². The van der Waals surface area contributed by atoms with Gasteiger partial charge < -0.3 is 0 Å². The van der Waals surface area contributed by atoms with Crippen molar-refractivity contribution in [2.45, 2.75) is 10.6 Å². The van der Waals surface area contributed by atoms with Gasteiger partial charge in [-0.15, -0.1) is 0 Å². The first-order valence-corrected chi connectivity index (χ1v) is 5.90. The predicted molar refractivity (Wildman–Crippen MR) is 43.1 cm³/mol. The normalized spacial score (nSPS) is 9.43. The van der Waals surface area contributed by atoms with E-state index in [2.05, 4.69) is 25.3 Å². The molecule has 0 radical (unpaired) electrons. The fourth-order valence-corrected chi connectivity index (χ4v) is 2.54. The number of hydrogen-bond donors (Lipinski definition) is 2. The number of hydrogen-bond acceptors (Lipinski definition) is 2. The van der Waals surface area contributed by atoms with Gasteiger partial charge in [-0.05, 0) is 0 Å². The van der Waals surface area contributed by atoms with Gasteiger partial charge in [-0.3, -0.25) is 0 Å². The molecule has 7 heavy (non-hydrogen) atoms. The summed E-state index contributed by atoms with van der Waals surface area (Å²) in [5.74, 6) is 2.10. The van der Waals surface area contributed by atoms with E-state index in [0.717, 1.165) is 26.5 Å². The van der Waals surface area contributed by atoms with Crippen LogP contribution in [-0.2, 0) is 0 Å². The van der Waals surface area contributed by atoms with Crippen molar-refractivity contribution < 1.29 is 0 Å². The molecule has 0 saturated carbocycles. The third-order valence-corrected chi connectivity index (χ3v) is 4.35. The number of rotatable bonds is 4. The van der Waals surface area contributed by atoms with Crippen LogP contribution in [0.15, 0.2) is 0 Å². The molecule has 0 bridgehead atoms. The van der Waals surface area contributed by atoms with E-state index in [-0.39, 0.29) is 0 Å². The fourth-order valence-electron chi connectivity index (χ4n) is 0.231. The van der Waals surface area contributed by atoms with Crippen LogP contribution in [-0.4, -0.2) is 26.5 Å². The zero-order valence-corrected chi connectivity index (χ0v) is 7.63. The maximum absolute atomic E-state index is 4.08. The minimum absolute atomic E-state index is 0.823. The third kappa shape index (κ3) is 7.22. The molecular formula is C4H10S2Se. The van der Waals surface area contributed by atoms with Gasteiger partial charge in [0.15, 0.2) is 0 Å². The molecule has 0 nitrogen and oxygen atoms in total. The summed E-state index contributed by atoms with van der Waals surface area (Å²) >= 11 is 8.99. The van der Waals surface area contributed by atoms with Crippen LogP contribution in [0.5, 0.6) is 0 Å². The van der Waals surface area contributed by atoms with E-state index in [1.54, 1.807) is 0 Å². The molecule has 3 heteroatoms. The van der Waals surface area contributed by atoms with Crippen LogP contribution in [0, 0.1) is 0 Å². The van der Waals surface area contributed by atoms with E-state index in [4.69, 9.17) is 0 Å². The molecule has 0 unspecified atom stereocenters. The summed E-state index contributed by atoms with van der Waals surface area (Å²) in [4.78, 5) is 0. The van der Waals surface area contributed by atoms with Gasteiger partial charge >= 0.3 is 62.4 Å². The third-order valence-electron chi connectivity index (χ3n) is 0.471. The van der Waals surface area contributed by atoms with E-state index in [1.165, 1.54) is 10.6 Å². The average molecular weight is 201 g/mol. The molecular weight excluding hydrogens is 191 g/mol. The molecule has 0 aliphatic carbocycles. The standard InChI is InChI=1S/C4H10S2Se/c5-1-3-7-4-2-6/h5-6H,1-4H2. The van der Waals surface area contributed by atoms with Gasteiger partial charge in [-0.25, -0.2) is 0 Å². The molecule has 0 rings (SSSR count). The Kier molecular flexibility index (Phi) is 8.48. The quantitative estimate of drug-likeness (QED) is 0.383. The first kappa shape index (κ1) is 8.22. The zero-order valence-electron chi connectivity index (χ0n) is 4.13. The second-order valence-electron chi connectivity index (χ2n) is 1.06. The molecule has 0 N–H and O–H groups in total. The van der Waals surface area contributed by atoms with Crippen LogP contribution in [0.3, 0.4) is 0 Å². The van der Waals surface area contributed by atoms with E-state index in [0.29, 0.717) is 0 Å². The molecule has 0 saturated heterocycles. The second kappa shape index (κ2) is 7.22. The molecule has 0 fully saturated rings. The van der Waals surface area contributed by atoms with Gasteiger partial charge in [0.25, 0.3) is 0 Å². The Bertz CT molecular complexity index is 28.9. The van der Waals surface area contributed by atoms with Crippen LogP contribution in [0.25, 0.3) is 0 Å². The fraction of sp³-hybridized carbons (Fsp3) is 1.00. The Morgan fingerprint density at radius 3 is 1.71 bits per heavy atom. The summed E-state index contributed by atoms with van der Waals surface area (Å²) in [6.45, 7) is 0. The van der Waals surface area contributed by atoms with Gasteiger partial charge in [0, 0.05) is 0 Å². The van der Waals surface area contributed by atoms with Crippen molar-refractivity contribution in [1.29, 1.82) is 0 Å². The Morgan fingerprint density at radius 2 is 1.43 bits per heavy atom. The summed E-state index contributed by atoms with van der Waals surface area (Å²) in [6.07, 6.45) is 0. The summed E-state index contributed by atoms with van der Waals surface area (Å²) in [7, 11) is 0. The van der Waals surface area contributed by atoms with Crippen molar-refractivity contribution in [2.75, 3.05) is 11.5 Å².